The van der Waals surface area contributed by atoms with Gasteiger partial charge in [0, 0.05) is 25.3 Å². The molecule has 1 fully saturated rings. The molecule has 1 heterocycles. The van der Waals surface area contributed by atoms with Gasteiger partial charge in [-0.2, -0.15) is 11.8 Å². The summed E-state index contributed by atoms with van der Waals surface area (Å²) in [6.45, 7) is 8.46. The van der Waals surface area contributed by atoms with Crippen molar-refractivity contribution in [3.63, 3.8) is 0 Å². The van der Waals surface area contributed by atoms with Crippen molar-refractivity contribution in [3.8, 4) is 0 Å². The van der Waals surface area contributed by atoms with Gasteiger partial charge in [0.1, 0.15) is 0 Å². The van der Waals surface area contributed by atoms with E-state index in [2.05, 4.69) is 24.1 Å². The molecule has 0 bridgehead atoms. The SMILES string of the molecule is CCCCSCCC(=O)N1CCC(CNCC)CC1. The lowest BCUT2D eigenvalue weighted by atomic mass is 9.96. The van der Waals surface area contributed by atoms with Crippen molar-refractivity contribution < 1.29 is 4.79 Å². The van der Waals surface area contributed by atoms with Crippen LogP contribution < -0.4 is 5.32 Å². The van der Waals surface area contributed by atoms with Crippen molar-refractivity contribution in [2.45, 2.75) is 46.0 Å². The van der Waals surface area contributed by atoms with Crippen LogP contribution in [0.3, 0.4) is 0 Å². The molecule has 19 heavy (non-hydrogen) atoms. The maximum Gasteiger partial charge on any atom is 0.223 e. The van der Waals surface area contributed by atoms with Crippen molar-refractivity contribution >= 4 is 17.7 Å². The smallest absolute Gasteiger partial charge is 0.223 e. The summed E-state index contributed by atoms with van der Waals surface area (Å²) in [5.74, 6) is 3.33. The van der Waals surface area contributed by atoms with Crippen molar-refractivity contribution in [2.24, 2.45) is 5.92 Å². The number of unbranched alkanes of at least 4 members (excludes halogenated alkanes) is 1. The number of piperidine rings is 1. The van der Waals surface area contributed by atoms with Crippen molar-refractivity contribution in [1.82, 2.24) is 10.2 Å². The molecule has 1 amide bonds. The number of nitrogens with one attached hydrogen (secondary N) is 1. The van der Waals surface area contributed by atoms with Crippen LogP contribution in [0.1, 0.15) is 46.0 Å². The van der Waals surface area contributed by atoms with E-state index in [1.165, 1.54) is 31.4 Å². The molecular formula is C15H30N2OS. The van der Waals surface area contributed by atoms with Gasteiger partial charge in [0.2, 0.25) is 5.91 Å². The summed E-state index contributed by atoms with van der Waals surface area (Å²) in [5.41, 5.74) is 0. The highest BCUT2D eigenvalue weighted by Crippen LogP contribution is 2.17. The fraction of sp³-hybridized carbons (Fsp3) is 0.933. The highest BCUT2D eigenvalue weighted by atomic mass is 32.2. The Bertz CT molecular complexity index is 240. The summed E-state index contributed by atoms with van der Waals surface area (Å²) in [5, 5.41) is 3.41. The lowest BCUT2D eigenvalue weighted by Crippen LogP contribution is -2.40. The molecule has 0 spiro atoms. The molecule has 1 rings (SSSR count). The molecule has 0 aromatic heterocycles. The molecule has 3 nitrogen and oxygen atoms in total. The van der Waals surface area contributed by atoms with Gasteiger partial charge in [0.15, 0.2) is 0 Å². The fourth-order valence-corrected chi connectivity index (χ4v) is 3.42. The molecule has 0 radical (unpaired) electrons. The molecule has 0 aromatic rings. The van der Waals surface area contributed by atoms with E-state index in [0.29, 0.717) is 5.91 Å². The van der Waals surface area contributed by atoms with Crippen LogP contribution in [0.4, 0.5) is 0 Å². The zero-order valence-electron chi connectivity index (χ0n) is 12.6. The highest BCUT2D eigenvalue weighted by molar-refractivity contribution is 7.99. The molecule has 1 aliphatic heterocycles. The lowest BCUT2D eigenvalue weighted by molar-refractivity contribution is -0.132. The van der Waals surface area contributed by atoms with E-state index in [1.54, 1.807) is 0 Å². The quantitative estimate of drug-likeness (QED) is 0.662. The van der Waals surface area contributed by atoms with E-state index in [1.807, 2.05) is 11.8 Å². The predicted molar refractivity (Wildman–Crippen MR) is 84.7 cm³/mol. The van der Waals surface area contributed by atoms with E-state index >= 15 is 0 Å². The first-order valence-corrected chi connectivity index (χ1v) is 8.99. The molecule has 112 valence electrons. The van der Waals surface area contributed by atoms with Crippen LogP contribution in [-0.4, -0.2) is 48.5 Å². The van der Waals surface area contributed by atoms with Gasteiger partial charge < -0.3 is 10.2 Å². The third-order valence-corrected chi connectivity index (χ3v) is 4.82. The Hall–Kier alpha value is -0.220. The minimum absolute atomic E-state index is 0.367. The molecule has 0 aromatic carbocycles. The van der Waals surface area contributed by atoms with E-state index in [9.17, 15) is 4.79 Å². The summed E-state index contributed by atoms with van der Waals surface area (Å²) in [4.78, 5) is 14.1. The van der Waals surface area contributed by atoms with Crippen LogP contribution in [0.2, 0.25) is 0 Å². The third kappa shape index (κ3) is 7.21. The van der Waals surface area contributed by atoms with Gasteiger partial charge in [0.25, 0.3) is 0 Å². The average Bonchev–Trinajstić information content (AvgIpc) is 2.45. The largest absolute Gasteiger partial charge is 0.343 e. The minimum Gasteiger partial charge on any atom is -0.343 e. The molecule has 0 atom stereocenters. The second-order valence-corrected chi connectivity index (χ2v) is 6.57. The van der Waals surface area contributed by atoms with Gasteiger partial charge in [-0.25, -0.2) is 0 Å². The van der Waals surface area contributed by atoms with Gasteiger partial charge in [0.05, 0.1) is 0 Å². The Morgan fingerprint density at radius 3 is 2.63 bits per heavy atom. The monoisotopic (exact) mass is 286 g/mol. The van der Waals surface area contributed by atoms with Gasteiger partial charge in [-0.1, -0.05) is 20.3 Å². The van der Waals surface area contributed by atoms with Crippen molar-refractivity contribution in [3.05, 3.63) is 0 Å². The Labute approximate surface area is 122 Å². The first kappa shape index (κ1) is 16.8. The molecule has 1 N–H and O–H groups in total. The first-order chi connectivity index (χ1) is 9.27. The van der Waals surface area contributed by atoms with E-state index in [-0.39, 0.29) is 0 Å². The van der Waals surface area contributed by atoms with Crippen LogP contribution >= 0.6 is 11.8 Å². The molecule has 1 aliphatic rings. The van der Waals surface area contributed by atoms with Crippen LogP contribution in [0.25, 0.3) is 0 Å². The number of hydrogen-bond acceptors (Lipinski definition) is 3. The summed E-state index contributed by atoms with van der Waals surface area (Å²) in [6.07, 6.45) is 5.59. The van der Waals surface area contributed by atoms with E-state index in [0.717, 1.165) is 44.3 Å². The number of likely N-dealkylation sites (tertiary alicyclic amines) is 1. The molecule has 4 heteroatoms. The van der Waals surface area contributed by atoms with E-state index in [4.69, 9.17) is 0 Å². The number of amides is 1. The maximum absolute atomic E-state index is 12.0. The third-order valence-electron chi connectivity index (χ3n) is 3.75. The summed E-state index contributed by atoms with van der Waals surface area (Å²) < 4.78 is 0. The lowest BCUT2D eigenvalue weighted by Gasteiger charge is -2.32. The van der Waals surface area contributed by atoms with Gasteiger partial charge in [-0.05, 0) is 44.0 Å². The van der Waals surface area contributed by atoms with Crippen LogP contribution in [0, 0.1) is 5.92 Å². The second kappa shape index (κ2) is 10.6. The number of carbonyl (C=O) groups excluding carboxylic acids is 1. The zero-order chi connectivity index (χ0) is 13.9. The number of hydrogen-bond donors (Lipinski definition) is 1. The summed E-state index contributed by atoms with van der Waals surface area (Å²) in [6, 6.07) is 0. The highest BCUT2D eigenvalue weighted by Gasteiger charge is 2.21. The molecule has 0 aliphatic carbocycles. The fourth-order valence-electron chi connectivity index (χ4n) is 2.40. The van der Waals surface area contributed by atoms with Crippen LogP contribution in [0.5, 0.6) is 0 Å². The van der Waals surface area contributed by atoms with Gasteiger partial charge in [-0.3, -0.25) is 4.79 Å². The molecule has 0 unspecified atom stereocenters. The maximum atomic E-state index is 12.0. The summed E-state index contributed by atoms with van der Waals surface area (Å²) in [7, 11) is 0. The standard InChI is InChI=1S/C15H30N2OS/c1-3-5-11-19-12-8-15(18)17-9-6-14(7-10-17)13-16-4-2/h14,16H,3-13H2,1-2H3. The zero-order valence-corrected chi connectivity index (χ0v) is 13.4. The van der Waals surface area contributed by atoms with E-state index < -0.39 is 0 Å². The first-order valence-electron chi connectivity index (χ1n) is 7.84. The predicted octanol–water partition coefficient (Wildman–Crippen LogP) is 2.76. The molecular weight excluding hydrogens is 256 g/mol. The van der Waals surface area contributed by atoms with Crippen molar-refractivity contribution in [1.29, 1.82) is 0 Å². The van der Waals surface area contributed by atoms with Crippen molar-refractivity contribution in [2.75, 3.05) is 37.7 Å². The van der Waals surface area contributed by atoms with Crippen LogP contribution in [-0.2, 0) is 4.79 Å². The average molecular weight is 286 g/mol. The Morgan fingerprint density at radius 1 is 1.26 bits per heavy atom. The minimum atomic E-state index is 0.367. The topological polar surface area (TPSA) is 32.3 Å². The molecule has 1 saturated heterocycles. The van der Waals surface area contributed by atoms with Gasteiger partial charge in [-0.15, -0.1) is 0 Å². The van der Waals surface area contributed by atoms with Crippen LogP contribution in [0.15, 0.2) is 0 Å². The summed E-state index contributed by atoms with van der Waals surface area (Å²) >= 11 is 1.92. The Kier molecular flexibility index (Phi) is 9.35. The molecule has 0 saturated carbocycles. The Morgan fingerprint density at radius 2 is 2.00 bits per heavy atom. The second-order valence-electron chi connectivity index (χ2n) is 5.35. The number of thioether (sulfide) groups is 1. The number of nitrogens with zero attached hydrogens (tertiary/aromatic N) is 1. The van der Waals surface area contributed by atoms with Gasteiger partial charge >= 0.3 is 0 Å². The number of carbonyl (C=O) groups is 1. The normalized spacial score (nSPS) is 16.8. The Balaban J connectivity index is 2.07. The number of rotatable bonds is 9.